The molecule has 23 heavy (non-hydrogen) atoms. The largest absolute Gasteiger partial charge is 0.300 e. The van der Waals surface area contributed by atoms with E-state index in [9.17, 15) is 13.2 Å². The standard InChI is InChI=1S/C18H23NO3S/c1-13-5-7-16(8-6-13)23(21,22)19-12-14-10-15(20)11-18(14)9-3-2-4-17(18)19/h5-8,14,17H,2-4,9-12H2,1H3/t14-,17-,18+/m1/s1. The molecular formula is C18H23NO3S. The lowest BCUT2D eigenvalue weighted by Crippen LogP contribution is -2.45. The maximum absolute atomic E-state index is 13.2. The molecule has 0 aromatic heterocycles. The maximum Gasteiger partial charge on any atom is 0.243 e. The monoisotopic (exact) mass is 333 g/mol. The van der Waals surface area contributed by atoms with Crippen LogP contribution in [0.25, 0.3) is 0 Å². The van der Waals surface area contributed by atoms with E-state index < -0.39 is 10.0 Å². The van der Waals surface area contributed by atoms with Crippen LogP contribution in [0.1, 0.15) is 44.1 Å². The smallest absolute Gasteiger partial charge is 0.243 e. The second kappa shape index (κ2) is 5.15. The molecule has 0 amide bonds. The Morgan fingerprint density at radius 3 is 2.65 bits per heavy atom. The highest BCUT2D eigenvalue weighted by Gasteiger charge is 2.61. The van der Waals surface area contributed by atoms with Gasteiger partial charge in [0.15, 0.2) is 0 Å². The highest BCUT2D eigenvalue weighted by molar-refractivity contribution is 7.89. The summed E-state index contributed by atoms with van der Waals surface area (Å²) in [5.41, 5.74) is 0.981. The van der Waals surface area contributed by atoms with Gasteiger partial charge in [-0.15, -0.1) is 0 Å². The molecule has 1 aromatic carbocycles. The molecule has 3 atom stereocenters. The third-order valence-electron chi connectivity index (χ3n) is 6.22. The Morgan fingerprint density at radius 1 is 1.17 bits per heavy atom. The maximum atomic E-state index is 13.2. The van der Waals surface area contributed by atoms with E-state index >= 15 is 0 Å². The summed E-state index contributed by atoms with van der Waals surface area (Å²) in [5.74, 6) is 0.551. The van der Waals surface area contributed by atoms with Gasteiger partial charge in [0.25, 0.3) is 0 Å². The topological polar surface area (TPSA) is 54.5 Å². The summed E-state index contributed by atoms with van der Waals surface area (Å²) >= 11 is 0. The summed E-state index contributed by atoms with van der Waals surface area (Å²) in [6.45, 7) is 2.48. The molecule has 0 bridgehead atoms. The summed E-state index contributed by atoms with van der Waals surface area (Å²) in [6.07, 6.45) is 5.24. The zero-order valence-electron chi connectivity index (χ0n) is 13.5. The zero-order chi connectivity index (χ0) is 16.2. The van der Waals surface area contributed by atoms with Crippen molar-refractivity contribution < 1.29 is 13.2 Å². The van der Waals surface area contributed by atoms with E-state index in [1.807, 2.05) is 19.1 Å². The van der Waals surface area contributed by atoms with E-state index in [0.29, 0.717) is 30.1 Å². The van der Waals surface area contributed by atoms with Gasteiger partial charge in [-0.1, -0.05) is 30.5 Å². The molecule has 2 saturated carbocycles. The van der Waals surface area contributed by atoms with Crippen LogP contribution in [0, 0.1) is 18.3 Å². The number of sulfonamides is 1. The van der Waals surface area contributed by atoms with Crippen molar-refractivity contribution in [2.75, 3.05) is 6.54 Å². The molecule has 1 spiro atoms. The molecule has 1 aliphatic heterocycles. The second-order valence-electron chi connectivity index (χ2n) is 7.50. The van der Waals surface area contributed by atoms with E-state index in [2.05, 4.69) is 0 Å². The molecule has 0 N–H and O–H groups in total. The molecule has 1 saturated heterocycles. The van der Waals surface area contributed by atoms with Crippen LogP contribution < -0.4 is 0 Å². The Morgan fingerprint density at radius 2 is 1.91 bits per heavy atom. The number of nitrogens with zero attached hydrogens (tertiary/aromatic N) is 1. The Balaban J connectivity index is 1.73. The first-order chi connectivity index (χ1) is 10.9. The van der Waals surface area contributed by atoms with Gasteiger partial charge in [-0.3, -0.25) is 4.79 Å². The quantitative estimate of drug-likeness (QED) is 0.836. The molecular weight excluding hydrogens is 310 g/mol. The number of benzene rings is 1. The number of rotatable bonds is 2. The van der Waals surface area contributed by atoms with Crippen molar-refractivity contribution >= 4 is 15.8 Å². The molecule has 0 unspecified atom stereocenters. The van der Waals surface area contributed by atoms with Crippen molar-refractivity contribution in [2.45, 2.75) is 56.4 Å². The average Bonchev–Trinajstić information content (AvgIpc) is 2.98. The highest BCUT2D eigenvalue weighted by Crippen LogP contribution is 2.58. The lowest BCUT2D eigenvalue weighted by molar-refractivity contribution is -0.118. The number of ketones is 1. The zero-order valence-corrected chi connectivity index (χ0v) is 14.3. The van der Waals surface area contributed by atoms with Crippen molar-refractivity contribution in [3.63, 3.8) is 0 Å². The molecule has 3 fully saturated rings. The summed E-state index contributed by atoms with van der Waals surface area (Å²) in [7, 11) is -3.47. The van der Waals surface area contributed by atoms with Crippen molar-refractivity contribution in [1.29, 1.82) is 0 Å². The third-order valence-corrected chi connectivity index (χ3v) is 8.11. The fraction of sp³-hybridized carbons (Fsp3) is 0.611. The lowest BCUT2D eigenvalue weighted by Gasteiger charge is -2.40. The number of Topliss-reactive ketones (excluding diaryl/α,β-unsaturated/α-hetero) is 1. The molecule has 1 heterocycles. The third kappa shape index (κ3) is 2.20. The van der Waals surface area contributed by atoms with Crippen LogP contribution >= 0.6 is 0 Å². The predicted molar refractivity (Wildman–Crippen MR) is 87.5 cm³/mol. The highest BCUT2D eigenvalue weighted by atomic mass is 32.2. The van der Waals surface area contributed by atoms with Gasteiger partial charge >= 0.3 is 0 Å². The fourth-order valence-corrected chi connectivity index (χ4v) is 6.90. The van der Waals surface area contributed by atoms with Crippen molar-refractivity contribution in [2.24, 2.45) is 11.3 Å². The van der Waals surface area contributed by atoms with Gasteiger partial charge in [-0.05, 0) is 43.2 Å². The van der Waals surface area contributed by atoms with E-state index in [1.165, 1.54) is 0 Å². The average molecular weight is 333 g/mol. The molecule has 0 radical (unpaired) electrons. The molecule has 5 heteroatoms. The van der Waals surface area contributed by atoms with E-state index in [4.69, 9.17) is 0 Å². The summed E-state index contributed by atoms with van der Waals surface area (Å²) < 4.78 is 28.0. The minimum absolute atomic E-state index is 0.0130. The number of aryl methyl sites for hydroxylation is 1. The van der Waals surface area contributed by atoms with Crippen LogP contribution in [0.15, 0.2) is 29.2 Å². The Kier molecular flexibility index (Phi) is 3.43. The van der Waals surface area contributed by atoms with Crippen LogP contribution in [0.2, 0.25) is 0 Å². The summed E-state index contributed by atoms with van der Waals surface area (Å²) in [6, 6.07) is 7.13. The first-order valence-corrected chi connectivity index (χ1v) is 9.98. The predicted octanol–water partition coefficient (Wildman–Crippen LogP) is 2.91. The van der Waals surface area contributed by atoms with Crippen molar-refractivity contribution in [3.05, 3.63) is 29.8 Å². The Labute approximate surface area is 137 Å². The molecule has 4 nitrogen and oxygen atoms in total. The first kappa shape index (κ1) is 15.3. The lowest BCUT2D eigenvalue weighted by atomic mass is 9.67. The molecule has 2 aliphatic carbocycles. The Hall–Kier alpha value is -1.20. The van der Waals surface area contributed by atoms with Crippen LogP contribution in [-0.2, 0) is 14.8 Å². The fourth-order valence-electron chi connectivity index (χ4n) is 5.12. The first-order valence-electron chi connectivity index (χ1n) is 8.54. The van der Waals surface area contributed by atoms with Gasteiger partial charge in [0.2, 0.25) is 10.0 Å². The summed E-state index contributed by atoms with van der Waals surface area (Å²) in [5, 5.41) is 0. The van der Waals surface area contributed by atoms with Crippen molar-refractivity contribution in [3.8, 4) is 0 Å². The molecule has 1 aromatic rings. The van der Waals surface area contributed by atoms with Crippen LogP contribution in [0.3, 0.4) is 0 Å². The molecule has 124 valence electrons. The Bertz CT molecular complexity index is 740. The second-order valence-corrected chi connectivity index (χ2v) is 9.39. The minimum Gasteiger partial charge on any atom is -0.300 e. The summed E-state index contributed by atoms with van der Waals surface area (Å²) in [4.78, 5) is 12.4. The van der Waals surface area contributed by atoms with Crippen LogP contribution in [0.4, 0.5) is 0 Å². The minimum atomic E-state index is -3.47. The van der Waals surface area contributed by atoms with E-state index in [-0.39, 0.29) is 17.4 Å². The van der Waals surface area contributed by atoms with Gasteiger partial charge in [0.1, 0.15) is 5.78 Å². The SMILES string of the molecule is Cc1ccc(S(=O)(=O)N2C[C@H]3CC(=O)C[C@@]34CCCC[C@@H]24)cc1. The number of carbonyl (C=O) groups excluding carboxylic acids is 1. The van der Waals surface area contributed by atoms with Gasteiger partial charge < -0.3 is 0 Å². The van der Waals surface area contributed by atoms with E-state index in [1.54, 1.807) is 16.4 Å². The van der Waals surface area contributed by atoms with Gasteiger partial charge in [-0.2, -0.15) is 4.31 Å². The number of carbonyl (C=O) groups is 1. The number of hydrogen-bond donors (Lipinski definition) is 0. The molecule has 4 rings (SSSR count). The van der Waals surface area contributed by atoms with Gasteiger partial charge in [0, 0.05) is 25.4 Å². The van der Waals surface area contributed by atoms with E-state index in [0.717, 1.165) is 31.2 Å². The normalized spacial score (nSPS) is 34.4. The number of hydrogen-bond acceptors (Lipinski definition) is 3. The van der Waals surface area contributed by atoms with Gasteiger partial charge in [-0.25, -0.2) is 8.42 Å². The van der Waals surface area contributed by atoms with Crippen LogP contribution in [0.5, 0.6) is 0 Å². The molecule has 3 aliphatic rings. The van der Waals surface area contributed by atoms with Gasteiger partial charge in [0.05, 0.1) is 4.90 Å². The van der Waals surface area contributed by atoms with Crippen molar-refractivity contribution in [1.82, 2.24) is 4.31 Å². The van der Waals surface area contributed by atoms with Crippen LogP contribution in [-0.4, -0.2) is 31.1 Å².